The van der Waals surface area contributed by atoms with E-state index in [9.17, 15) is 22.8 Å². The molecular formula is C23H16Cl2F3N3O3. The van der Waals surface area contributed by atoms with Crippen molar-refractivity contribution in [3.8, 4) is 5.75 Å². The Hall–Kier alpha value is -3.56. The molecule has 0 unspecified atom stereocenters. The van der Waals surface area contributed by atoms with Crippen LogP contribution in [0.15, 0.2) is 71.8 Å². The summed E-state index contributed by atoms with van der Waals surface area (Å²) in [6.07, 6.45) is -3.32. The Morgan fingerprint density at radius 2 is 1.74 bits per heavy atom. The third-order valence-corrected chi connectivity index (χ3v) is 5.04. The number of hydrazone groups is 1. The van der Waals surface area contributed by atoms with Crippen molar-refractivity contribution >= 4 is 46.9 Å². The van der Waals surface area contributed by atoms with Crippen molar-refractivity contribution < 1.29 is 27.5 Å². The second-order valence-electron chi connectivity index (χ2n) is 6.78. The highest BCUT2D eigenvalue weighted by Gasteiger charge is 2.30. The molecule has 0 aliphatic rings. The molecular weight excluding hydrogens is 494 g/mol. The Morgan fingerprint density at radius 3 is 2.47 bits per heavy atom. The number of hydrogen-bond acceptors (Lipinski definition) is 4. The Labute approximate surface area is 202 Å². The van der Waals surface area contributed by atoms with Crippen molar-refractivity contribution in [3.05, 3.63) is 93.5 Å². The fraction of sp³-hybridized carbons (Fsp3) is 0.0870. The van der Waals surface area contributed by atoms with E-state index in [2.05, 4.69) is 15.8 Å². The maximum absolute atomic E-state index is 12.8. The average molecular weight is 510 g/mol. The molecule has 0 bridgehead atoms. The van der Waals surface area contributed by atoms with Gasteiger partial charge in [0.25, 0.3) is 11.8 Å². The van der Waals surface area contributed by atoms with Gasteiger partial charge in [0.2, 0.25) is 0 Å². The number of carbonyl (C=O) groups excluding carboxylic acids is 2. The molecule has 0 saturated heterocycles. The minimum atomic E-state index is -4.57. The van der Waals surface area contributed by atoms with Crippen LogP contribution >= 0.6 is 23.2 Å². The highest BCUT2D eigenvalue weighted by atomic mass is 35.5. The Bertz CT molecular complexity index is 1230. The van der Waals surface area contributed by atoms with Gasteiger partial charge >= 0.3 is 6.18 Å². The zero-order valence-corrected chi connectivity index (χ0v) is 18.7. The number of alkyl halides is 3. The molecule has 34 heavy (non-hydrogen) atoms. The van der Waals surface area contributed by atoms with E-state index in [0.29, 0.717) is 22.0 Å². The summed E-state index contributed by atoms with van der Waals surface area (Å²) in [6.45, 7) is -0.332. The number of para-hydroxylation sites is 1. The monoisotopic (exact) mass is 509 g/mol. The molecule has 0 radical (unpaired) electrons. The summed E-state index contributed by atoms with van der Waals surface area (Å²) in [6, 6.07) is 15.1. The van der Waals surface area contributed by atoms with Gasteiger partial charge in [-0.2, -0.15) is 18.3 Å². The quantitative estimate of drug-likeness (QED) is 0.312. The van der Waals surface area contributed by atoms with E-state index in [1.54, 1.807) is 36.4 Å². The fourth-order valence-electron chi connectivity index (χ4n) is 2.69. The predicted octanol–water partition coefficient (Wildman–Crippen LogP) is 5.79. The maximum atomic E-state index is 12.8. The van der Waals surface area contributed by atoms with E-state index in [0.717, 1.165) is 18.2 Å². The summed E-state index contributed by atoms with van der Waals surface area (Å²) in [5.41, 5.74) is 1.89. The predicted molar refractivity (Wildman–Crippen MR) is 124 cm³/mol. The smallest absolute Gasteiger partial charge is 0.416 e. The van der Waals surface area contributed by atoms with Crippen LogP contribution in [0.4, 0.5) is 18.9 Å². The molecule has 3 aromatic rings. The molecule has 0 fully saturated rings. The van der Waals surface area contributed by atoms with Crippen molar-refractivity contribution in [3.63, 3.8) is 0 Å². The van der Waals surface area contributed by atoms with E-state index >= 15 is 0 Å². The number of nitrogens with one attached hydrogen (secondary N) is 2. The van der Waals surface area contributed by atoms with Crippen LogP contribution in [0, 0.1) is 0 Å². The number of carbonyl (C=O) groups is 2. The Kier molecular flexibility index (Phi) is 8.14. The SMILES string of the molecule is O=C(COc1ccccc1/C=N/NC(=O)c1cccc(C(F)(F)F)c1)Nc1ccc(Cl)c(Cl)c1. The topological polar surface area (TPSA) is 79.8 Å². The summed E-state index contributed by atoms with van der Waals surface area (Å²) >= 11 is 11.8. The molecule has 3 rings (SSSR count). The molecule has 0 aromatic heterocycles. The van der Waals surface area contributed by atoms with Gasteiger partial charge in [0.15, 0.2) is 6.61 Å². The van der Waals surface area contributed by atoms with E-state index in [-0.39, 0.29) is 17.2 Å². The lowest BCUT2D eigenvalue weighted by molar-refractivity contribution is -0.137. The van der Waals surface area contributed by atoms with E-state index in [4.69, 9.17) is 27.9 Å². The zero-order chi connectivity index (χ0) is 24.7. The molecule has 3 aromatic carbocycles. The van der Waals surface area contributed by atoms with Gasteiger partial charge in [-0.15, -0.1) is 0 Å². The van der Waals surface area contributed by atoms with Crippen molar-refractivity contribution in [2.45, 2.75) is 6.18 Å². The molecule has 0 heterocycles. The first-order chi connectivity index (χ1) is 16.1. The highest BCUT2D eigenvalue weighted by Crippen LogP contribution is 2.29. The van der Waals surface area contributed by atoms with Gasteiger partial charge in [0.05, 0.1) is 21.8 Å². The first-order valence-electron chi connectivity index (χ1n) is 9.61. The number of ether oxygens (including phenoxy) is 1. The molecule has 0 atom stereocenters. The summed E-state index contributed by atoms with van der Waals surface area (Å²) in [7, 11) is 0. The molecule has 0 spiro atoms. The normalized spacial score (nSPS) is 11.3. The molecule has 0 saturated carbocycles. The minimum Gasteiger partial charge on any atom is -0.483 e. The van der Waals surface area contributed by atoms with Crippen molar-refractivity contribution in [2.24, 2.45) is 5.10 Å². The number of rotatable bonds is 7. The molecule has 11 heteroatoms. The van der Waals surface area contributed by atoms with Crippen LogP contribution in [-0.4, -0.2) is 24.6 Å². The van der Waals surface area contributed by atoms with Crippen LogP contribution in [0.5, 0.6) is 5.75 Å². The summed E-state index contributed by atoms with van der Waals surface area (Å²) in [5, 5.41) is 7.02. The maximum Gasteiger partial charge on any atom is 0.416 e. The van der Waals surface area contributed by atoms with Crippen molar-refractivity contribution in [1.29, 1.82) is 0 Å². The van der Waals surface area contributed by atoms with Crippen molar-refractivity contribution in [1.82, 2.24) is 5.43 Å². The lowest BCUT2D eigenvalue weighted by atomic mass is 10.1. The number of amides is 2. The van der Waals surface area contributed by atoms with Gasteiger partial charge in [-0.1, -0.05) is 41.4 Å². The third kappa shape index (κ3) is 6.97. The van der Waals surface area contributed by atoms with Gasteiger partial charge in [-0.25, -0.2) is 5.43 Å². The van der Waals surface area contributed by atoms with Gasteiger partial charge in [0.1, 0.15) is 5.75 Å². The zero-order valence-electron chi connectivity index (χ0n) is 17.2. The van der Waals surface area contributed by atoms with Crippen LogP contribution in [0.3, 0.4) is 0 Å². The van der Waals surface area contributed by atoms with Crippen molar-refractivity contribution in [2.75, 3.05) is 11.9 Å². The number of nitrogens with zero attached hydrogens (tertiary/aromatic N) is 1. The van der Waals surface area contributed by atoms with Gasteiger partial charge in [-0.05, 0) is 48.5 Å². The second kappa shape index (κ2) is 11.0. The van der Waals surface area contributed by atoms with Gasteiger partial charge < -0.3 is 10.1 Å². The molecule has 0 aliphatic carbocycles. The van der Waals surface area contributed by atoms with E-state index in [1.165, 1.54) is 18.3 Å². The number of hydrogen-bond donors (Lipinski definition) is 2. The third-order valence-electron chi connectivity index (χ3n) is 4.30. The minimum absolute atomic E-state index is 0.199. The largest absolute Gasteiger partial charge is 0.483 e. The van der Waals surface area contributed by atoms with Crippen LogP contribution in [-0.2, 0) is 11.0 Å². The van der Waals surface area contributed by atoms with E-state index < -0.39 is 23.6 Å². The van der Waals surface area contributed by atoms with Gasteiger partial charge in [-0.3, -0.25) is 9.59 Å². The van der Waals surface area contributed by atoms with Crippen LogP contribution in [0.1, 0.15) is 21.5 Å². The first kappa shape index (κ1) is 25.1. The molecule has 2 amide bonds. The lowest BCUT2D eigenvalue weighted by Gasteiger charge is -2.10. The molecule has 176 valence electrons. The lowest BCUT2D eigenvalue weighted by Crippen LogP contribution is -2.20. The number of anilines is 1. The van der Waals surface area contributed by atoms with Crippen LogP contribution in [0.2, 0.25) is 10.0 Å². The molecule has 6 nitrogen and oxygen atoms in total. The van der Waals surface area contributed by atoms with Gasteiger partial charge in [0, 0.05) is 16.8 Å². The standard InChI is InChI=1S/C23H16Cl2F3N3O3/c24-18-9-8-17(11-19(18)25)30-21(32)13-34-20-7-2-1-4-15(20)12-29-31-22(33)14-5-3-6-16(10-14)23(26,27)28/h1-12H,13H2,(H,30,32)(H,31,33)/b29-12+. The first-order valence-corrected chi connectivity index (χ1v) is 10.4. The fourth-order valence-corrected chi connectivity index (χ4v) is 2.99. The number of benzene rings is 3. The summed E-state index contributed by atoms with van der Waals surface area (Å²) < 4.78 is 44.0. The Balaban J connectivity index is 1.60. The summed E-state index contributed by atoms with van der Waals surface area (Å²) in [5.74, 6) is -0.978. The molecule has 2 N–H and O–H groups in total. The number of halogens is 5. The van der Waals surface area contributed by atoms with Crippen LogP contribution < -0.4 is 15.5 Å². The second-order valence-corrected chi connectivity index (χ2v) is 7.60. The van der Waals surface area contributed by atoms with Crippen LogP contribution in [0.25, 0.3) is 0 Å². The average Bonchev–Trinajstić information content (AvgIpc) is 2.80. The summed E-state index contributed by atoms with van der Waals surface area (Å²) in [4.78, 5) is 24.3. The molecule has 0 aliphatic heterocycles. The Morgan fingerprint density at radius 1 is 0.971 bits per heavy atom. The highest BCUT2D eigenvalue weighted by molar-refractivity contribution is 6.42. The van der Waals surface area contributed by atoms with E-state index in [1.807, 2.05) is 0 Å².